The van der Waals surface area contributed by atoms with Crippen molar-refractivity contribution in [2.45, 2.75) is 39.1 Å². The van der Waals surface area contributed by atoms with Crippen molar-refractivity contribution < 1.29 is 13.3 Å². The molecule has 0 fully saturated rings. The Kier molecular flexibility index (Phi) is 1.57. The molecule has 1 aromatic rings. The quantitative estimate of drug-likeness (QED) is 0.791. The molecule has 1 atom stereocenters. The summed E-state index contributed by atoms with van der Waals surface area (Å²) in [5.41, 5.74) is -0.277. The Labute approximate surface area is 95.2 Å². The molecule has 0 aliphatic rings. The number of hydrogen-bond donors (Lipinski definition) is 1. The van der Waals surface area contributed by atoms with Crippen molar-refractivity contribution in [1.29, 1.82) is 0 Å². The average Bonchev–Trinajstić information content (AvgIpc) is 2.26. The van der Waals surface area contributed by atoms with Gasteiger partial charge in [0.2, 0.25) is 0 Å². The Balaban J connectivity index is 3.22. The number of rotatable bonds is 3. The third kappa shape index (κ3) is 2.16. The molecule has 0 radical (unpaired) electrons. The van der Waals surface area contributed by atoms with Crippen molar-refractivity contribution in [3.8, 4) is 0 Å². The van der Waals surface area contributed by atoms with Crippen LogP contribution in [0.3, 0.4) is 0 Å². The number of aliphatic hydroxyl groups is 1. The van der Waals surface area contributed by atoms with Gasteiger partial charge in [0.15, 0.2) is 0 Å². The summed E-state index contributed by atoms with van der Waals surface area (Å²) < 4.78 is 44.6. The molecule has 0 heterocycles. The molecule has 0 saturated heterocycles. The molecule has 0 aliphatic carbocycles. The minimum atomic E-state index is -2.75. The van der Waals surface area contributed by atoms with Gasteiger partial charge in [-0.1, -0.05) is 57.9 Å². The molecule has 78 valence electrons. The molecule has 0 amide bonds. The lowest BCUT2D eigenvalue weighted by molar-refractivity contribution is 0.0574. The van der Waals surface area contributed by atoms with Crippen LogP contribution in [0.25, 0.3) is 0 Å². The standard InChI is InChI=1S/C13H20O/c1-10(2)12(14)13(3,4)11-8-6-5-7-9-11/h5-10,12,14H,1-4H3/i1D3,2D3. The van der Waals surface area contributed by atoms with Crippen LogP contribution in [0.4, 0.5) is 0 Å². The Morgan fingerprint density at radius 2 is 1.79 bits per heavy atom. The second kappa shape index (κ2) is 4.14. The molecule has 0 aliphatic heterocycles. The monoisotopic (exact) mass is 198 g/mol. The molecule has 1 N–H and O–H groups in total. The fourth-order valence-corrected chi connectivity index (χ4v) is 1.46. The van der Waals surface area contributed by atoms with E-state index in [0.29, 0.717) is 5.56 Å². The van der Waals surface area contributed by atoms with E-state index in [-0.39, 0.29) is 0 Å². The summed E-state index contributed by atoms with van der Waals surface area (Å²) in [6.45, 7) is -2.21. The Morgan fingerprint density at radius 1 is 1.21 bits per heavy atom. The summed E-state index contributed by atoms with van der Waals surface area (Å²) in [7, 11) is 0. The highest BCUT2D eigenvalue weighted by Gasteiger charge is 2.31. The SMILES string of the molecule is [2H]C([2H])([2H])C(C(O)C(C)(C)c1ccccc1)C([2H])([2H])[2H]. The summed E-state index contributed by atoms with van der Waals surface area (Å²) in [5.74, 6) is -1.79. The van der Waals surface area contributed by atoms with Crippen LogP contribution in [-0.4, -0.2) is 11.2 Å². The van der Waals surface area contributed by atoms with Crippen LogP contribution in [0, 0.1) is 5.92 Å². The van der Waals surface area contributed by atoms with Crippen LogP contribution >= 0.6 is 0 Å². The topological polar surface area (TPSA) is 20.2 Å². The van der Waals surface area contributed by atoms with Crippen molar-refractivity contribution in [2.24, 2.45) is 5.92 Å². The van der Waals surface area contributed by atoms with Gasteiger partial charge in [0.1, 0.15) is 0 Å². The van der Waals surface area contributed by atoms with Gasteiger partial charge in [-0.15, -0.1) is 0 Å². The highest BCUT2D eigenvalue weighted by Crippen LogP contribution is 2.30. The second-order valence-electron chi connectivity index (χ2n) is 4.01. The lowest BCUT2D eigenvalue weighted by atomic mass is 9.75. The van der Waals surface area contributed by atoms with Gasteiger partial charge in [-0.3, -0.25) is 0 Å². The first kappa shape index (κ1) is 5.32. The van der Waals surface area contributed by atoms with Gasteiger partial charge in [-0.05, 0) is 11.5 Å². The van der Waals surface area contributed by atoms with Crippen LogP contribution in [0.1, 0.15) is 41.3 Å². The minimum absolute atomic E-state index is 0.700. The summed E-state index contributed by atoms with van der Waals surface area (Å²) >= 11 is 0. The molecular weight excluding hydrogens is 172 g/mol. The van der Waals surface area contributed by atoms with Crippen molar-refractivity contribution in [3.63, 3.8) is 0 Å². The van der Waals surface area contributed by atoms with Gasteiger partial charge in [0, 0.05) is 13.6 Å². The summed E-state index contributed by atoms with van der Waals surface area (Å²) in [4.78, 5) is 0. The molecule has 1 heteroatoms. The summed E-state index contributed by atoms with van der Waals surface area (Å²) in [6.07, 6.45) is -1.51. The zero-order chi connectivity index (χ0) is 15.8. The van der Waals surface area contributed by atoms with Crippen LogP contribution in [-0.2, 0) is 5.41 Å². The van der Waals surface area contributed by atoms with Gasteiger partial charge >= 0.3 is 0 Å². The molecule has 1 rings (SSSR count). The van der Waals surface area contributed by atoms with E-state index in [1.807, 2.05) is 0 Å². The van der Waals surface area contributed by atoms with E-state index in [0.717, 1.165) is 0 Å². The Morgan fingerprint density at radius 3 is 2.29 bits per heavy atom. The maximum Gasteiger partial charge on any atom is 0.0654 e. The lowest BCUT2D eigenvalue weighted by Gasteiger charge is -2.33. The maximum atomic E-state index is 10.4. The lowest BCUT2D eigenvalue weighted by Crippen LogP contribution is -2.37. The summed E-state index contributed by atoms with van der Waals surface area (Å²) in [6, 6.07) is 8.84. The molecule has 0 spiro atoms. The zero-order valence-corrected chi connectivity index (χ0v) is 8.49. The molecule has 1 aromatic carbocycles. The van der Waals surface area contributed by atoms with Crippen molar-refractivity contribution >= 4 is 0 Å². The third-order valence-corrected chi connectivity index (χ3v) is 2.57. The van der Waals surface area contributed by atoms with E-state index in [4.69, 9.17) is 8.22 Å². The molecule has 1 unspecified atom stereocenters. The van der Waals surface area contributed by atoms with E-state index in [2.05, 4.69) is 0 Å². The fourth-order valence-electron chi connectivity index (χ4n) is 1.46. The fraction of sp³-hybridized carbons (Fsp3) is 0.538. The number of aliphatic hydroxyl groups excluding tert-OH is 1. The van der Waals surface area contributed by atoms with Gasteiger partial charge in [0.05, 0.1) is 6.10 Å². The van der Waals surface area contributed by atoms with E-state index >= 15 is 0 Å². The van der Waals surface area contributed by atoms with Crippen LogP contribution in [0.15, 0.2) is 30.3 Å². The number of benzene rings is 1. The predicted molar refractivity (Wildman–Crippen MR) is 60.3 cm³/mol. The summed E-state index contributed by atoms with van der Waals surface area (Å²) in [5, 5.41) is 10.4. The van der Waals surface area contributed by atoms with Crippen molar-refractivity contribution in [2.75, 3.05) is 0 Å². The van der Waals surface area contributed by atoms with E-state index in [1.165, 1.54) is 0 Å². The predicted octanol–water partition coefficient (Wildman–Crippen LogP) is 2.98. The van der Waals surface area contributed by atoms with Gasteiger partial charge < -0.3 is 5.11 Å². The largest absolute Gasteiger partial charge is 0.392 e. The van der Waals surface area contributed by atoms with Crippen LogP contribution < -0.4 is 0 Å². The maximum absolute atomic E-state index is 10.4. The minimum Gasteiger partial charge on any atom is -0.392 e. The molecule has 14 heavy (non-hydrogen) atoms. The van der Waals surface area contributed by atoms with E-state index in [9.17, 15) is 5.11 Å². The van der Waals surface area contributed by atoms with Gasteiger partial charge in [-0.25, -0.2) is 0 Å². The van der Waals surface area contributed by atoms with Crippen molar-refractivity contribution in [3.05, 3.63) is 35.9 Å². The zero-order valence-electron chi connectivity index (χ0n) is 14.5. The highest BCUT2D eigenvalue weighted by atomic mass is 16.3. The first-order valence-corrected chi connectivity index (χ1v) is 4.62. The second-order valence-corrected chi connectivity index (χ2v) is 4.01. The third-order valence-electron chi connectivity index (χ3n) is 2.57. The number of hydrogen-bond acceptors (Lipinski definition) is 1. The first-order chi connectivity index (χ1) is 8.88. The van der Waals surface area contributed by atoms with Gasteiger partial charge in [-0.2, -0.15) is 0 Å². The normalized spacial score (nSPS) is 22.6. The Hall–Kier alpha value is -0.820. The molecular formula is C13H20O. The molecule has 0 aromatic heterocycles. The van der Waals surface area contributed by atoms with E-state index in [1.54, 1.807) is 44.2 Å². The van der Waals surface area contributed by atoms with Crippen molar-refractivity contribution in [1.82, 2.24) is 0 Å². The van der Waals surface area contributed by atoms with Crippen LogP contribution in [0.5, 0.6) is 0 Å². The average molecular weight is 198 g/mol. The Bertz CT molecular complexity index is 420. The molecule has 1 nitrogen and oxygen atoms in total. The van der Waals surface area contributed by atoms with Crippen LogP contribution in [0.2, 0.25) is 0 Å². The van der Waals surface area contributed by atoms with Gasteiger partial charge in [0.25, 0.3) is 0 Å². The van der Waals surface area contributed by atoms with E-state index < -0.39 is 31.1 Å². The first-order valence-electron chi connectivity index (χ1n) is 7.62. The highest BCUT2D eigenvalue weighted by molar-refractivity contribution is 5.25. The molecule has 0 saturated carbocycles. The smallest absolute Gasteiger partial charge is 0.0654 e. The molecule has 0 bridgehead atoms.